The number of nitrogens with one attached hydrogen (secondary N) is 3. The van der Waals surface area contributed by atoms with E-state index in [9.17, 15) is 14.7 Å². The maximum atomic E-state index is 13.5. The summed E-state index contributed by atoms with van der Waals surface area (Å²) in [6.45, 7) is 1.06. The van der Waals surface area contributed by atoms with Crippen LogP contribution in [0.5, 0.6) is 17.2 Å². The number of phenolic OH excluding ortho intramolecular Hbond substituents is 1. The lowest BCUT2D eigenvalue weighted by molar-refractivity contribution is -0.123. The van der Waals surface area contributed by atoms with Crippen LogP contribution in [0.2, 0.25) is 0 Å². The fourth-order valence-electron chi connectivity index (χ4n) is 5.74. The molecule has 5 rings (SSSR count). The quantitative estimate of drug-likeness (QED) is 0.183. The number of para-hydroxylation sites is 2. The molecule has 1 aliphatic heterocycles. The molecule has 2 unspecified atom stereocenters. The summed E-state index contributed by atoms with van der Waals surface area (Å²) in [6, 6.07) is 23.9. The molecule has 234 valence electrons. The first-order chi connectivity index (χ1) is 21.5. The van der Waals surface area contributed by atoms with Gasteiger partial charge in [0.25, 0.3) is 5.91 Å². The van der Waals surface area contributed by atoms with Crippen molar-refractivity contribution in [2.45, 2.75) is 55.9 Å². The third-order valence-corrected chi connectivity index (χ3v) is 10.9. The van der Waals surface area contributed by atoms with Crippen molar-refractivity contribution in [2.24, 2.45) is 5.92 Å². The van der Waals surface area contributed by atoms with E-state index in [1.165, 1.54) is 38.2 Å². The highest BCUT2D eigenvalue weighted by atomic mass is 32.2. The summed E-state index contributed by atoms with van der Waals surface area (Å²) in [4.78, 5) is 26.6. The van der Waals surface area contributed by atoms with Gasteiger partial charge in [-0.25, -0.2) is 0 Å². The molecule has 1 saturated carbocycles. The van der Waals surface area contributed by atoms with Gasteiger partial charge in [-0.2, -0.15) is 23.5 Å². The van der Waals surface area contributed by atoms with Crippen LogP contribution in [0, 0.1) is 5.92 Å². The molecule has 4 N–H and O–H groups in total. The maximum absolute atomic E-state index is 13.5. The van der Waals surface area contributed by atoms with Crippen molar-refractivity contribution in [3.05, 3.63) is 90.0 Å². The Balaban J connectivity index is 1.34. The minimum atomic E-state index is -0.354. The summed E-state index contributed by atoms with van der Waals surface area (Å²) in [6.07, 6.45) is 7.09. The molecule has 3 aromatic carbocycles. The number of hydrogen-bond donors (Lipinski definition) is 4. The van der Waals surface area contributed by atoms with Gasteiger partial charge in [0.2, 0.25) is 5.91 Å². The molecule has 3 aromatic rings. The number of carbonyl (C=O) groups is 2. The van der Waals surface area contributed by atoms with Crippen LogP contribution in [0.1, 0.15) is 48.0 Å². The van der Waals surface area contributed by atoms with Gasteiger partial charge in [-0.05, 0) is 72.9 Å². The average Bonchev–Trinajstić information content (AvgIpc) is 3.07. The summed E-state index contributed by atoms with van der Waals surface area (Å²) in [5.41, 5.74) is 1.37. The van der Waals surface area contributed by atoms with E-state index < -0.39 is 0 Å². The normalized spacial score (nSPS) is 18.6. The number of aromatic hydroxyl groups is 1. The van der Waals surface area contributed by atoms with Crippen LogP contribution in [-0.2, 0) is 11.2 Å². The van der Waals surface area contributed by atoms with Crippen molar-refractivity contribution in [2.75, 3.05) is 30.3 Å². The number of rotatable bonds is 13. The van der Waals surface area contributed by atoms with Crippen LogP contribution in [0.4, 0.5) is 0 Å². The number of hydrogen-bond acceptors (Lipinski definition) is 7. The predicted octanol–water partition coefficient (Wildman–Crippen LogP) is 6.03. The van der Waals surface area contributed by atoms with Crippen molar-refractivity contribution >= 4 is 35.3 Å². The molecular formula is C35H43N3O4S2. The molecule has 0 aromatic heterocycles. The second-order valence-corrected chi connectivity index (χ2v) is 14.0. The van der Waals surface area contributed by atoms with Crippen molar-refractivity contribution in [3.8, 4) is 17.2 Å². The molecule has 1 heterocycles. The van der Waals surface area contributed by atoms with Gasteiger partial charge in [-0.3, -0.25) is 9.59 Å². The van der Waals surface area contributed by atoms with Crippen LogP contribution in [-0.4, -0.2) is 64.6 Å². The lowest BCUT2D eigenvalue weighted by Gasteiger charge is -2.32. The third kappa shape index (κ3) is 9.68. The summed E-state index contributed by atoms with van der Waals surface area (Å²) < 4.78 is 6.01. The van der Waals surface area contributed by atoms with Crippen LogP contribution in [0.25, 0.3) is 0 Å². The lowest BCUT2D eigenvalue weighted by Crippen LogP contribution is -2.56. The Morgan fingerprint density at radius 3 is 2.41 bits per heavy atom. The second-order valence-electron chi connectivity index (χ2n) is 11.6. The molecule has 9 heteroatoms. The first-order valence-corrected chi connectivity index (χ1v) is 17.9. The number of thioether (sulfide) groups is 2. The Hall–Kier alpha value is -3.14. The van der Waals surface area contributed by atoms with Crippen molar-refractivity contribution < 1.29 is 19.4 Å². The van der Waals surface area contributed by atoms with Gasteiger partial charge in [0.1, 0.15) is 17.2 Å². The molecule has 0 spiro atoms. The molecule has 3 atom stereocenters. The number of amides is 2. The predicted molar refractivity (Wildman–Crippen MR) is 181 cm³/mol. The molecular weight excluding hydrogens is 591 g/mol. The van der Waals surface area contributed by atoms with Gasteiger partial charge < -0.3 is 25.8 Å². The Morgan fingerprint density at radius 1 is 0.955 bits per heavy atom. The zero-order valence-corrected chi connectivity index (χ0v) is 26.7. The number of ether oxygens (including phenoxy) is 1. The second kappa shape index (κ2) is 16.8. The highest BCUT2D eigenvalue weighted by Crippen LogP contribution is 2.31. The molecule has 1 aliphatic carbocycles. The van der Waals surface area contributed by atoms with Gasteiger partial charge in [-0.1, -0.05) is 61.7 Å². The lowest BCUT2D eigenvalue weighted by atomic mass is 9.91. The third-order valence-electron chi connectivity index (χ3n) is 8.26. The zero-order chi connectivity index (χ0) is 30.6. The van der Waals surface area contributed by atoms with Crippen LogP contribution in [0.3, 0.4) is 0 Å². The standard InChI is InChI=1S/C35H43N3O4S2/c39-32-14-8-7-13-29(32)34(40)37-22-30(38-35(41)31-24-43-20-19-36-31)33(44-23-26-9-3-1-4-10-26)21-25-15-17-28(18-16-25)42-27-11-5-2-6-12-27/h2,5-8,11-18,26,30-31,33,36,39H,1,3-4,9-10,19-24H2,(H,37,40)(H,38,41)/t30?,31-,33?/m0/s1. The van der Waals surface area contributed by atoms with E-state index in [1.54, 1.807) is 30.0 Å². The maximum Gasteiger partial charge on any atom is 0.255 e. The van der Waals surface area contributed by atoms with Gasteiger partial charge in [0.05, 0.1) is 17.6 Å². The van der Waals surface area contributed by atoms with Gasteiger partial charge in [0.15, 0.2) is 0 Å². The van der Waals surface area contributed by atoms with E-state index in [-0.39, 0.29) is 47.0 Å². The van der Waals surface area contributed by atoms with Crippen molar-refractivity contribution in [3.63, 3.8) is 0 Å². The topological polar surface area (TPSA) is 99.7 Å². The average molecular weight is 634 g/mol. The molecule has 2 fully saturated rings. The molecule has 1 saturated heterocycles. The van der Waals surface area contributed by atoms with E-state index in [0.717, 1.165) is 47.3 Å². The van der Waals surface area contributed by atoms with E-state index in [1.807, 2.05) is 54.2 Å². The van der Waals surface area contributed by atoms with Gasteiger partial charge in [0, 0.05) is 29.8 Å². The van der Waals surface area contributed by atoms with Crippen LogP contribution >= 0.6 is 23.5 Å². The first-order valence-electron chi connectivity index (χ1n) is 15.7. The van der Waals surface area contributed by atoms with E-state index in [4.69, 9.17) is 4.74 Å². The van der Waals surface area contributed by atoms with E-state index in [2.05, 4.69) is 28.1 Å². The Kier molecular flexibility index (Phi) is 12.3. The number of benzene rings is 3. The van der Waals surface area contributed by atoms with Gasteiger partial charge >= 0.3 is 0 Å². The SMILES string of the molecule is O=C(NCC(NC(=O)[C@@H]1CSCCN1)C(Cc1ccc(Oc2ccccc2)cc1)SCC1CCCCC1)c1ccccc1O. The molecule has 7 nitrogen and oxygen atoms in total. The fourth-order valence-corrected chi connectivity index (χ4v) is 8.23. The minimum absolute atomic E-state index is 0.0303. The van der Waals surface area contributed by atoms with E-state index >= 15 is 0 Å². The smallest absolute Gasteiger partial charge is 0.255 e. The minimum Gasteiger partial charge on any atom is -0.507 e. The number of phenols is 1. The van der Waals surface area contributed by atoms with Crippen LogP contribution < -0.4 is 20.7 Å². The molecule has 44 heavy (non-hydrogen) atoms. The highest BCUT2D eigenvalue weighted by Gasteiger charge is 2.30. The monoisotopic (exact) mass is 633 g/mol. The molecule has 2 aliphatic rings. The van der Waals surface area contributed by atoms with Crippen molar-refractivity contribution in [1.82, 2.24) is 16.0 Å². The Bertz CT molecular complexity index is 1330. The fraction of sp³-hybridized carbons (Fsp3) is 0.429. The highest BCUT2D eigenvalue weighted by molar-refractivity contribution is 8.00. The molecule has 0 bridgehead atoms. The Labute approximate surface area is 269 Å². The summed E-state index contributed by atoms with van der Waals surface area (Å²) in [5, 5.41) is 20.0. The van der Waals surface area contributed by atoms with Crippen LogP contribution in [0.15, 0.2) is 78.9 Å². The van der Waals surface area contributed by atoms with Gasteiger partial charge in [-0.15, -0.1) is 0 Å². The summed E-state index contributed by atoms with van der Waals surface area (Å²) in [7, 11) is 0. The van der Waals surface area contributed by atoms with E-state index in [0.29, 0.717) is 5.92 Å². The molecule has 0 radical (unpaired) electrons. The largest absolute Gasteiger partial charge is 0.507 e. The summed E-state index contributed by atoms with van der Waals surface area (Å²) >= 11 is 3.68. The molecule has 2 amide bonds. The summed E-state index contributed by atoms with van der Waals surface area (Å²) in [5.74, 6) is 4.53. The van der Waals surface area contributed by atoms with Crippen molar-refractivity contribution in [1.29, 1.82) is 0 Å². The zero-order valence-electron chi connectivity index (χ0n) is 25.1. The number of carbonyl (C=O) groups excluding carboxylic acids is 2. The first kappa shape index (κ1) is 32.3. The Morgan fingerprint density at radius 2 is 1.68 bits per heavy atom.